The third kappa shape index (κ3) is 3.77. The van der Waals surface area contributed by atoms with Crippen LogP contribution >= 0.6 is 15.9 Å². The number of rotatable bonds is 5. The molecule has 2 rings (SSSR count). The fourth-order valence-electron chi connectivity index (χ4n) is 1.84. The van der Waals surface area contributed by atoms with Crippen LogP contribution in [0.4, 0.5) is 4.39 Å². The Morgan fingerprint density at radius 2 is 2.15 bits per heavy atom. The van der Waals surface area contributed by atoms with Crippen molar-refractivity contribution in [2.75, 3.05) is 7.11 Å². The summed E-state index contributed by atoms with van der Waals surface area (Å²) < 4.78 is 18.8. The van der Waals surface area contributed by atoms with E-state index in [-0.39, 0.29) is 11.9 Å². The van der Waals surface area contributed by atoms with Gasteiger partial charge in [-0.15, -0.1) is 0 Å². The highest BCUT2D eigenvalue weighted by Crippen LogP contribution is 2.21. The average Bonchev–Trinajstić information content (AvgIpc) is 2.47. The van der Waals surface area contributed by atoms with Gasteiger partial charge in [0.1, 0.15) is 5.82 Å². The van der Waals surface area contributed by atoms with Crippen molar-refractivity contribution in [2.45, 2.75) is 19.5 Å². The maximum absolute atomic E-state index is 13.2. The number of pyridine rings is 1. The summed E-state index contributed by atoms with van der Waals surface area (Å²) >= 11 is 3.20. The first-order chi connectivity index (χ1) is 9.60. The second-order valence-corrected chi connectivity index (χ2v) is 5.34. The molecule has 1 unspecified atom stereocenters. The topological polar surface area (TPSA) is 34.1 Å². The Bertz CT molecular complexity index is 592. The Hall–Kier alpha value is -1.46. The molecule has 0 aliphatic heterocycles. The fourth-order valence-corrected chi connectivity index (χ4v) is 2.24. The van der Waals surface area contributed by atoms with E-state index in [0.717, 1.165) is 11.1 Å². The zero-order valence-corrected chi connectivity index (χ0v) is 12.9. The zero-order chi connectivity index (χ0) is 14.5. The van der Waals surface area contributed by atoms with Gasteiger partial charge in [-0.25, -0.2) is 9.37 Å². The van der Waals surface area contributed by atoms with Crippen LogP contribution < -0.4 is 10.1 Å². The second kappa shape index (κ2) is 6.81. The van der Waals surface area contributed by atoms with E-state index in [1.54, 1.807) is 25.4 Å². The highest BCUT2D eigenvalue weighted by Gasteiger charge is 2.08. The van der Waals surface area contributed by atoms with E-state index < -0.39 is 0 Å². The largest absolute Gasteiger partial charge is 0.481 e. The summed E-state index contributed by atoms with van der Waals surface area (Å²) in [5.41, 5.74) is 2.11. The van der Waals surface area contributed by atoms with Crippen LogP contribution in [0.3, 0.4) is 0 Å². The van der Waals surface area contributed by atoms with Gasteiger partial charge >= 0.3 is 0 Å². The molecule has 0 aliphatic rings. The standard InChI is InChI=1S/C15H16BrFN2O/c1-10(12-3-4-14(17)13(16)8-12)19-9-11-5-6-18-15(7-11)20-2/h3-8,10,19H,9H2,1-2H3. The third-order valence-corrected chi connectivity index (χ3v) is 3.67. The van der Waals surface area contributed by atoms with E-state index in [4.69, 9.17) is 4.74 Å². The Labute approximate surface area is 126 Å². The van der Waals surface area contributed by atoms with Crippen molar-refractivity contribution in [3.63, 3.8) is 0 Å². The van der Waals surface area contributed by atoms with Crippen LogP contribution in [0.15, 0.2) is 41.0 Å². The first-order valence-electron chi connectivity index (χ1n) is 6.27. The number of aromatic nitrogens is 1. The molecule has 0 aliphatic carbocycles. The maximum Gasteiger partial charge on any atom is 0.213 e. The first kappa shape index (κ1) is 14.9. The molecule has 1 aromatic heterocycles. The van der Waals surface area contributed by atoms with Gasteiger partial charge < -0.3 is 10.1 Å². The summed E-state index contributed by atoms with van der Waals surface area (Å²) in [5, 5.41) is 3.39. The van der Waals surface area contributed by atoms with Gasteiger partial charge in [-0.2, -0.15) is 0 Å². The number of methoxy groups -OCH3 is 1. The lowest BCUT2D eigenvalue weighted by atomic mass is 10.1. The van der Waals surface area contributed by atoms with E-state index in [0.29, 0.717) is 16.9 Å². The number of benzene rings is 1. The molecule has 106 valence electrons. The molecule has 5 heteroatoms. The molecule has 0 radical (unpaired) electrons. The van der Waals surface area contributed by atoms with Gasteiger partial charge in [0.25, 0.3) is 0 Å². The molecule has 0 fully saturated rings. The third-order valence-electron chi connectivity index (χ3n) is 3.06. The zero-order valence-electron chi connectivity index (χ0n) is 11.4. The molecule has 20 heavy (non-hydrogen) atoms. The Morgan fingerprint density at radius 1 is 1.35 bits per heavy atom. The number of nitrogens with one attached hydrogen (secondary N) is 1. The van der Waals surface area contributed by atoms with Crippen molar-refractivity contribution >= 4 is 15.9 Å². The average molecular weight is 339 g/mol. The second-order valence-electron chi connectivity index (χ2n) is 4.48. The lowest BCUT2D eigenvalue weighted by Crippen LogP contribution is -2.18. The van der Waals surface area contributed by atoms with Gasteiger partial charge in [-0.1, -0.05) is 6.07 Å². The molecule has 0 amide bonds. The van der Waals surface area contributed by atoms with Gasteiger partial charge in [0, 0.05) is 24.8 Å². The van der Waals surface area contributed by atoms with Crippen molar-refractivity contribution < 1.29 is 9.13 Å². The summed E-state index contributed by atoms with van der Waals surface area (Å²) in [5.74, 6) is 0.348. The van der Waals surface area contributed by atoms with Gasteiger partial charge in [0.05, 0.1) is 11.6 Å². The summed E-state index contributed by atoms with van der Waals surface area (Å²) in [6.45, 7) is 2.73. The first-order valence-corrected chi connectivity index (χ1v) is 7.06. The normalized spacial score (nSPS) is 12.2. The van der Waals surface area contributed by atoms with Gasteiger partial charge in [-0.05, 0) is 52.2 Å². The van der Waals surface area contributed by atoms with E-state index in [1.165, 1.54) is 6.07 Å². The van der Waals surface area contributed by atoms with Crippen molar-refractivity contribution in [1.29, 1.82) is 0 Å². The molecule has 2 aromatic rings. The van der Waals surface area contributed by atoms with Crippen LogP contribution in [0.25, 0.3) is 0 Å². The van der Waals surface area contributed by atoms with E-state index in [2.05, 4.69) is 26.2 Å². The minimum absolute atomic E-state index is 0.117. The van der Waals surface area contributed by atoms with Crippen LogP contribution in [-0.4, -0.2) is 12.1 Å². The summed E-state index contributed by atoms with van der Waals surface area (Å²) in [6.07, 6.45) is 1.72. The molecule has 1 N–H and O–H groups in total. The number of hydrogen-bond donors (Lipinski definition) is 1. The van der Waals surface area contributed by atoms with Gasteiger partial charge in [0.15, 0.2) is 0 Å². The maximum atomic E-state index is 13.2. The molecule has 1 heterocycles. The molecular weight excluding hydrogens is 323 g/mol. The van der Waals surface area contributed by atoms with E-state index in [9.17, 15) is 4.39 Å². The predicted octanol–water partition coefficient (Wildman–Crippen LogP) is 3.84. The lowest BCUT2D eigenvalue weighted by Gasteiger charge is -2.15. The minimum atomic E-state index is -0.250. The molecular formula is C15H16BrFN2O. The Morgan fingerprint density at radius 3 is 2.85 bits per heavy atom. The predicted molar refractivity (Wildman–Crippen MR) is 80.1 cm³/mol. The van der Waals surface area contributed by atoms with Crippen LogP contribution in [0.5, 0.6) is 5.88 Å². The van der Waals surface area contributed by atoms with Crippen LogP contribution in [0.2, 0.25) is 0 Å². The summed E-state index contributed by atoms with van der Waals surface area (Å²) in [7, 11) is 1.60. The molecule has 0 spiro atoms. The Kier molecular flexibility index (Phi) is 5.09. The Balaban J connectivity index is 2.00. The molecule has 0 saturated heterocycles. The minimum Gasteiger partial charge on any atom is -0.481 e. The lowest BCUT2D eigenvalue weighted by molar-refractivity contribution is 0.397. The molecule has 1 aromatic carbocycles. The smallest absolute Gasteiger partial charge is 0.213 e. The monoisotopic (exact) mass is 338 g/mol. The summed E-state index contributed by atoms with van der Waals surface area (Å²) in [6, 6.07) is 8.98. The van der Waals surface area contributed by atoms with Gasteiger partial charge in [0.2, 0.25) is 5.88 Å². The SMILES string of the molecule is COc1cc(CNC(C)c2ccc(F)c(Br)c2)ccn1. The highest BCUT2D eigenvalue weighted by atomic mass is 79.9. The van der Waals surface area contributed by atoms with Crippen LogP contribution in [0, 0.1) is 5.82 Å². The van der Waals surface area contributed by atoms with E-state index >= 15 is 0 Å². The highest BCUT2D eigenvalue weighted by molar-refractivity contribution is 9.10. The van der Waals surface area contributed by atoms with Crippen LogP contribution in [0.1, 0.15) is 24.1 Å². The van der Waals surface area contributed by atoms with Crippen LogP contribution in [-0.2, 0) is 6.54 Å². The van der Waals surface area contributed by atoms with Crippen molar-refractivity contribution in [3.05, 3.63) is 57.9 Å². The van der Waals surface area contributed by atoms with Crippen molar-refractivity contribution in [3.8, 4) is 5.88 Å². The summed E-state index contributed by atoms with van der Waals surface area (Å²) in [4.78, 5) is 4.07. The molecule has 1 atom stereocenters. The van der Waals surface area contributed by atoms with E-state index in [1.807, 2.05) is 19.1 Å². The molecule has 0 bridgehead atoms. The van der Waals surface area contributed by atoms with Crippen molar-refractivity contribution in [2.24, 2.45) is 0 Å². The molecule has 3 nitrogen and oxygen atoms in total. The number of ether oxygens (including phenoxy) is 1. The fraction of sp³-hybridized carbons (Fsp3) is 0.267. The van der Waals surface area contributed by atoms with Crippen molar-refractivity contribution in [1.82, 2.24) is 10.3 Å². The number of hydrogen-bond acceptors (Lipinski definition) is 3. The molecule has 0 saturated carbocycles. The number of nitrogens with zero attached hydrogens (tertiary/aromatic N) is 1. The number of halogens is 2. The quantitative estimate of drug-likeness (QED) is 0.899. The van der Waals surface area contributed by atoms with Gasteiger partial charge in [-0.3, -0.25) is 0 Å².